The molecule has 1 aromatic rings. The molecule has 0 saturated carbocycles. The van der Waals surface area contributed by atoms with E-state index in [1.54, 1.807) is 0 Å². The van der Waals surface area contributed by atoms with Gasteiger partial charge in [0.2, 0.25) is 0 Å². The average molecular weight is 252 g/mol. The highest BCUT2D eigenvalue weighted by molar-refractivity contribution is 6.42. The summed E-state index contributed by atoms with van der Waals surface area (Å²) < 4.78 is 0. The fraction of sp³-hybridized carbons (Fsp3) is 0.300. The van der Waals surface area contributed by atoms with Gasteiger partial charge in [-0.1, -0.05) is 41.7 Å². The molecule has 1 aromatic carbocycles. The molecule has 0 heterocycles. The van der Waals surface area contributed by atoms with Crippen molar-refractivity contribution in [1.82, 2.24) is 0 Å². The summed E-state index contributed by atoms with van der Waals surface area (Å²) in [5.74, 6) is -0.0424. The number of carbonyl (C=O) groups is 1. The van der Waals surface area contributed by atoms with E-state index in [-0.39, 0.29) is 5.78 Å². The first-order valence-corrected chi connectivity index (χ1v) is 5.37. The normalized spacial score (nSPS) is 10.3. The van der Waals surface area contributed by atoms with E-state index in [2.05, 4.69) is 0 Å². The van der Waals surface area contributed by atoms with Crippen LogP contribution in [0.4, 0.5) is 0 Å². The largest absolute Gasteiger partial charge is 0.294 e. The zero-order valence-corrected chi connectivity index (χ0v) is 9.88. The van der Waals surface area contributed by atoms with Crippen LogP contribution >= 0.6 is 34.8 Å². The quantitative estimate of drug-likeness (QED) is 0.716. The van der Waals surface area contributed by atoms with Crippen LogP contribution in [0.15, 0.2) is 12.1 Å². The Morgan fingerprint density at radius 2 is 1.71 bits per heavy atom. The molecule has 1 nitrogen and oxygen atoms in total. The van der Waals surface area contributed by atoms with Gasteiger partial charge in [-0.15, -0.1) is 0 Å². The molecule has 0 amide bonds. The zero-order chi connectivity index (χ0) is 10.7. The number of Topliss-reactive ketones (excluding diaryl/α,β-unsaturated/α-hetero) is 1. The lowest BCUT2D eigenvalue weighted by atomic mass is 10.1. The summed E-state index contributed by atoms with van der Waals surface area (Å²) in [6.45, 7) is 1.93. The van der Waals surface area contributed by atoms with Crippen molar-refractivity contribution in [3.05, 3.63) is 32.8 Å². The van der Waals surface area contributed by atoms with Crippen molar-refractivity contribution in [2.45, 2.75) is 19.8 Å². The molecule has 14 heavy (non-hydrogen) atoms. The molecular formula is C10H9Cl3O. The van der Waals surface area contributed by atoms with Gasteiger partial charge in [-0.25, -0.2) is 0 Å². The average Bonchev–Trinajstić information content (AvgIpc) is 2.01. The molecule has 1 rings (SSSR count). The van der Waals surface area contributed by atoms with Crippen LogP contribution in [0.3, 0.4) is 0 Å². The molecule has 0 saturated heterocycles. The second-order valence-electron chi connectivity index (χ2n) is 2.92. The lowest BCUT2D eigenvalue weighted by molar-refractivity contribution is 0.0982. The smallest absolute Gasteiger partial charge is 0.165 e. The van der Waals surface area contributed by atoms with Crippen molar-refractivity contribution in [3.63, 3.8) is 0 Å². The lowest BCUT2D eigenvalue weighted by Gasteiger charge is -2.05. The maximum absolute atomic E-state index is 11.6. The van der Waals surface area contributed by atoms with E-state index in [4.69, 9.17) is 34.8 Å². The predicted molar refractivity (Wildman–Crippen MR) is 60.7 cm³/mol. The molecule has 0 aliphatic heterocycles. The zero-order valence-electron chi connectivity index (χ0n) is 7.61. The molecule has 0 fully saturated rings. The number of halogens is 3. The first-order chi connectivity index (χ1) is 6.56. The van der Waals surface area contributed by atoms with E-state index < -0.39 is 0 Å². The molecule has 0 unspecified atom stereocenters. The number of carbonyl (C=O) groups excluding carboxylic acids is 1. The third-order valence-corrected chi connectivity index (χ3v) is 2.58. The number of hydrogen-bond donors (Lipinski definition) is 0. The second-order valence-corrected chi connectivity index (χ2v) is 4.17. The Kier molecular flexibility index (Phi) is 4.24. The minimum absolute atomic E-state index is 0.0424. The summed E-state index contributed by atoms with van der Waals surface area (Å²) >= 11 is 17.5. The van der Waals surface area contributed by atoms with Crippen LogP contribution in [0.1, 0.15) is 30.1 Å². The highest BCUT2D eigenvalue weighted by atomic mass is 35.5. The molecule has 0 aliphatic rings. The first kappa shape index (κ1) is 11.8. The molecule has 0 N–H and O–H groups in total. The van der Waals surface area contributed by atoms with Crippen molar-refractivity contribution in [3.8, 4) is 0 Å². The fourth-order valence-electron chi connectivity index (χ4n) is 1.16. The molecular weight excluding hydrogens is 242 g/mol. The molecule has 0 aliphatic carbocycles. The number of ketones is 1. The number of rotatable bonds is 3. The standard InChI is InChI=1S/C10H9Cl3O/c1-2-3-9(14)10-7(12)4-6(11)5-8(10)13/h4-5H,2-3H2,1H3. The molecule has 0 radical (unpaired) electrons. The van der Waals surface area contributed by atoms with Gasteiger partial charge >= 0.3 is 0 Å². The van der Waals surface area contributed by atoms with Gasteiger partial charge in [0.15, 0.2) is 5.78 Å². The summed E-state index contributed by atoms with van der Waals surface area (Å²) in [4.78, 5) is 11.6. The van der Waals surface area contributed by atoms with E-state index in [9.17, 15) is 4.79 Å². The van der Waals surface area contributed by atoms with E-state index in [1.165, 1.54) is 12.1 Å². The van der Waals surface area contributed by atoms with Crippen LogP contribution < -0.4 is 0 Å². The van der Waals surface area contributed by atoms with Gasteiger partial charge in [-0.05, 0) is 18.6 Å². The van der Waals surface area contributed by atoms with Crippen LogP contribution in [-0.4, -0.2) is 5.78 Å². The van der Waals surface area contributed by atoms with Gasteiger partial charge < -0.3 is 0 Å². The molecule has 0 bridgehead atoms. The highest BCUT2D eigenvalue weighted by Gasteiger charge is 2.14. The molecule has 0 aromatic heterocycles. The summed E-state index contributed by atoms with van der Waals surface area (Å²) in [5.41, 5.74) is 0.375. The van der Waals surface area contributed by atoms with Gasteiger partial charge in [0, 0.05) is 11.4 Å². The van der Waals surface area contributed by atoms with Gasteiger partial charge in [0.05, 0.1) is 15.6 Å². The van der Waals surface area contributed by atoms with Crippen LogP contribution in [0, 0.1) is 0 Å². The monoisotopic (exact) mass is 250 g/mol. The third-order valence-electron chi connectivity index (χ3n) is 1.76. The maximum atomic E-state index is 11.6. The van der Waals surface area contributed by atoms with Gasteiger partial charge in [-0.3, -0.25) is 4.79 Å². The predicted octanol–water partition coefficient (Wildman–Crippen LogP) is 4.63. The number of benzene rings is 1. The van der Waals surface area contributed by atoms with Crippen LogP contribution in [0.25, 0.3) is 0 Å². The summed E-state index contributed by atoms with van der Waals surface area (Å²) in [5, 5.41) is 1.08. The van der Waals surface area contributed by atoms with Gasteiger partial charge in [-0.2, -0.15) is 0 Å². The van der Waals surface area contributed by atoms with Crippen molar-refractivity contribution in [1.29, 1.82) is 0 Å². The SMILES string of the molecule is CCCC(=O)c1c(Cl)cc(Cl)cc1Cl. The van der Waals surface area contributed by atoms with E-state index in [0.717, 1.165) is 6.42 Å². The summed E-state index contributed by atoms with van der Waals surface area (Å²) in [6, 6.07) is 3.05. The minimum atomic E-state index is -0.0424. The van der Waals surface area contributed by atoms with Crippen molar-refractivity contribution < 1.29 is 4.79 Å². The topological polar surface area (TPSA) is 17.1 Å². The Morgan fingerprint density at radius 3 is 2.14 bits per heavy atom. The Hall–Kier alpha value is -0.240. The Labute approximate surface area is 98.0 Å². The Bertz CT molecular complexity index is 337. The first-order valence-electron chi connectivity index (χ1n) is 4.24. The Balaban J connectivity index is 3.14. The molecule has 0 atom stereocenters. The van der Waals surface area contributed by atoms with Crippen LogP contribution in [-0.2, 0) is 0 Å². The molecule has 76 valence electrons. The summed E-state index contributed by atoms with van der Waals surface area (Å²) in [6.07, 6.45) is 1.22. The molecule has 4 heteroatoms. The fourth-order valence-corrected chi connectivity index (χ4v) is 2.19. The maximum Gasteiger partial charge on any atom is 0.165 e. The number of hydrogen-bond acceptors (Lipinski definition) is 1. The van der Waals surface area contributed by atoms with Crippen molar-refractivity contribution in [2.75, 3.05) is 0 Å². The third kappa shape index (κ3) is 2.63. The lowest BCUT2D eigenvalue weighted by Crippen LogP contribution is -2.00. The molecule has 0 spiro atoms. The van der Waals surface area contributed by atoms with Crippen molar-refractivity contribution in [2.24, 2.45) is 0 Å². The van der Waals surface area contributed by atoms with E-state index in [0.29, 0.717) is 27.1 Å². The van der Waals surface area contributed by atoms with Crippen LogP contribution in [0.2, 0.25) is 15.1 Å². The Morgan fingerprint density at radius 1 is 1.21 bits per heavy atom. The second kappa shape index (κ2) is 5.01. The van der Waals surface area contributed by atoms with Gasteiger partial charge in [0.25, 0.3) is 0 Å². The van der Waals surface area contributed by atoms with Crippen LogP contribution in [0.5, 0.6) is 0 Å². The summed E-state index contributed by atoms with van der Waals surface area (Å²) in [7, 11) is 0. The minimum Gasteiger partial charge on any atom is -0.294 e. The van der Waals surface area contributed by atoms with E-state index in [1.807, 2.05) is 6.92 Å². The van der Waals surface area contributed by atoms with Crippen molar-refractivity contribution >= 4 is 40.6 Å². The highest BCUT2D eigenvalue weighted by Crippen LogP contribution is 2.30. The van der Waals surface area contributed by atoms with E-state index >= 15 is 0 Å². The van der Waals surface area contributed by atoms with Gasteiger partial charge in [0.1, 0.15) is 0 Å².